The van der Waals surface area contributed by atoms with Crippen molar-refractivity contribution in [3.05, 3.63) is 30.3 Å². The van der Waals surface area contributed by atoms with Crippen LogP contribution >= 0.6 is 7.75 Å². The lowest BCUT2D eigenvalue weighted by atomic mass is 10.0. The summed E-state index contributed by atoms with van der Waals surface area (Å²) in [6.07, 6.45) is 0.512. The Labute approximate surface area is 164 Å². The lowest BCUT2D eigenvalue weighted by Gasteiger charge is -2.27. The molecule has 0 aromatic heterocycles. The second-order valence-electron chi connectivity index (χ2n) is 8.04. The van der Waals surface area contributed by atoms with Gasteiger partial charge in [-0.15, -0.1) is 0 Å². The highest BCUT2D eigenvalue weighted by molar-refractivity contribution is 7.52. The molecule has 1 aliphatic heterocycles. The highest BCUT2D eigenvalue weighted by Crippen LogP contribution is 2.62. The summed E-state index contributed by atoms with van der Waals surface area (Å²) in [7, 11) is -4.09. The summed E-state index contributed by atoms with van der Waals surface area (Å²) >= 11 is 0. The van der Waals surface area contributed by atoms with Gasteiger partial charge in [-0.1, -0.05) is 25.1 Å². The van der Waals surface area contributed by atoms with Crippen molar-refractivity contribution >= 4 is 13.7 Å². The van der Waals surface area contributed by atoms with E-state index in [-0.39, 0.29) is 29.8 Å². The predicted octanol–water partition coefficient (Wildman–Crippen LogP) is 3.98. The summed E-state index contributed by atoms with van der Waals surface area (Å²) in [4.78, 5) is 12.1. The second kappa shape index (κ2) is 7.75. The third-order valence-electron chi connectivity index (χ3n) is 4.77. The van der Waals surface area contributed by atoms with Gasteiger partial charge in [-0.05, 0) is 39.3 Å². The Morgan fingerprint density at radius 3 is 2.61 bits per heavy atom. The van der Waals surface area contributed by atoms with Crippen molar-refractivity contribution < 1.29 is 32.3 Å². The van der Waals surface area contributed by atoms with E-state index in [1.54, 1.807) is 44.2 Å². The zero-order valence-electron chi connectivity index (χ0n) is 16.5. The lowest BCUT2D eigenvalue weighted by Crippen LogP contribution is -2.38. The number of hydrogen-bond donors (Lipinski definition) is 1. The fourth-order valence-electron chi connectivity index (χ4n) is 3.23. The van der Waals surface area contributed by atoms with Crippen LogP contribution in [-0.2, 0) is 23.4 Å². The van der Waals surface area contributed by atoms with Crippen LogP contribution in [0.1, 0.15) is 40.5 Å². The van der Waals surface area contributed by atoms with Crippen molar-refractivity contribution in [3.8, 4) is 5.75 Å². The maximum atomic E-state index is 14.9. The number of benzene rings is 1. The van der Waals surface area contributed by atoms with Crippen molar-refractivity contribution in [1.29, 1.82) is 0 Å². The molecule has 5 atom stereocenters. The van der Waals surface area contributed by atoms with Crippen molar-refractivity contribution in [2.45, 2.75) is 64.6 Å². The Morgan fingerprint density at radius 2 is 2.04 bits per heavy atom. The van der Waals surface area contributed by atoms with E-state index in [0.29, 0.717) is 0 Å². The monoisotopic (exact) mass is 415 g/mol. The first-order valence-electron chi connectivity index (χ1n) is 9.37. The van der Waals surface area contributed by atoms with Crippen molar-refractivity contribution in [2.75, 3.05) is 6.61 Å². The van der Waals surface area contributed by atoms with E-state index in [2.05, 4.69) is 5.09 Å². The number of fused-ring (bicyclic) bond motifs is 1. The Balaban J connectivity index is 1.69. The van der Waals surface area contributed by atoms with Crippen molar-refractivity contribution in [1.82, 2.24) is 5.09 Å². The first-order valence-corrected chi connectivity index (χ1v) is 10.9. The molecule has 156 valence electrons. The third kappa shape index (κ3) is 5.11. The van der Waals surface area contributed by atoms with E-state index in [1.165, 1.54) is 6.92 Å². The number of ether oxygens (including phenoxy) is 2. The Hall–Kier alpha value is -1.47. The molecule has 0 bridgehead atoms. The maximum absolute atomic E-state index is 14.9. The van der Waals surface area contributed by atoms with Crippen LogP contribution < -0.4 is 9.61 Å². The summed E-state index contributed by atoms with van der Waals surface area (Å²) < 4.78 is 49.6. The van der Waals surface area contributed by atoms with Gasteiger partial charge in [0.25, 0.3) is 0 Å². The smallest absolute Gasteiger partial charge is 0.459 e. The summed E-state index contributed by atoms with van der Waals surface area (Å²) in [6, 6.07) is 7.35. The van der Waals surface area contributed by atoms with Gasteiger partial charge in [0.05, 0.1) is 12.2 Å². The molecule has 9 heteroatoms. The van der Waals surface area contributed by atoms with Gasteiger partial charge in [-0.2, -0.15) is 5.09 Å². The van der Waals surface area contributed by atoms with Gasteiger partial charge in [-0.25, -0.2) is 8.96 Å². The molecule has 28 heavy (non-hydrogen) atoms. The fourth-order valence-corrected chi connectivity index (χ4v) is 4.76. The Kier molecular flexibility index (Phi) is 5.88. The van der Waals surface area contributed by atoms with Gasteiger partial charge in [-0.3, -0.25) is 9.32 Å². The summed E-state index contributed by atoms with van der Waals surface area (Å²) in [5.41, 5.74) is -0.190. The quantitative estimate of drug-likeness (QED) is 0.482. The topological polar surface area (TPSA) is 83.1 Å². The van der Waals surface area contributed by atoms with Crippen LogP contribution in [0.2, 0.25) is 0 Å². The van der Waals surface area contributed by atoms with Crippen LogP contribution in [-0.4, -0.2) is 36.7 Å². The van der Waals surface area contributed by atoms with Crippen LogP contribution in [0, 0.1) is 5.41 Å². The molecular weight excluding hydrogens is 388 g/mol. The molecule has 1 saturated heterocycles. The zero-order valence-corrected chi connectivity index (χ0v) is 17.4. The molecule has 3 rings (SSSR count). The molecule has 2 fully saturated rings. The second-order valence-corrected chi connectivity index (χ2v) is 9.73. The molecule has 1 aromatic rings. The number of para-hydroxylation sites is 1. The molecule has 2 aliphatic rings. The average Bonchev–Trinajstić information content (AvgIpc) is 3.12. The Morgan fingerprint density at radius 1 is 1.36 bits per heavy atom. The van der Waals surface area contributed by atoms with E-state index in [1.807, 2.05) is 6.92 Å². The minimum atomic E-state index is -4.09. The highest BCUT2D eigenvalue weighted by Gasteiger charge is 2.65. The predicted molar refractivity (Wildman–Crippen MR) is 101 cm³/mol. The SMILES string of the molecule is CC(C)OC(=O)[C@H](C)N[P@](=O)(OC[C@]1(F)C[C@@]2(C)C[C@@H]2O1)Oc1ccccc1. The van der Waals surface area contributed by atoms with Crippen molar-refractivity contribution in [2.24, 2.45) is 5.41 Å². The highest BCUT2D eigenvalue weighted by atomic mass is 31.2. The molecule has 0 amide bonds. The number of esters is 1. The van der Waals surface area contributed by atoms with E-state index in [0.717, 1.165) is 6.42 Å². The standard InChI is InChI=1S/C19H27FNO6P/c1-13(2)25-17(22)14(3)21-28(23,27-15-8-6-5-7-9-15)24-12-19(20)11-18(4)10-16(18)26-19/h5-9,13-14,16H,10-12H2,1-4H3,(H,21,23)/t14-,16-,18+,19-,28-/m0/s1. The fraction of sp³-hybridized carbons (Fsp3) is 0.632. The number of rotatable bonds is 9. The number of hydrogen-bond acceptors (Lipinski definition) is 6. The summed E-state index contributed by atoms with van der Waals surface area (Å²) in [6.45, 7) is 6.26. The number of alkyl halides is 1. The van der Waals surface area contributed by atoms with Crippen LogP contribution in [0.5, 0.6) is 5.75 Å². The van der Waals surface area contributed by atoms with Gasteiger partial charge >= 0.3 is 13.7 Å². The number of halogens is 1. The molecular formula is C19H27FNO6P. The van der Waals surface area contributed by atoms with E-state index in [4.69, 9.17) is 18.5 Å². The first-order chi connectivity index (χ1) is 13.0. The van der Waals surface area contributed by atoms with Gasteiger partial charge in [0.1, 0.15) is 18.4 Å². The molecule has 7 nitrogen and oxygen atoms in total. The minimum absolute atomic E-state index is 0.136. The molecule has 0 radical (unpaired) electrons. The van der Waals surface area contributed by atoms with Gasteiger partial charge in [0.2, 0.25) is 5.85 Å². The summed E-state index contributed by atoms with van der Waals surface area (Å²) in [5.74, 6) is -2.38. The third-order valence-corrected chi connectivity index (χ3v) is 6.39. The number of carbonyl (C=O) groups is 1. The molecule has 1 aromatic carbocycles. The Bertz CT molecular complexity index is 762. The average molecular weight is 415 g/mol. The molecule has 1 heterocycles. The van der Waals surface area contributed by atoms with Gasteiger partial charge in [0, 0.05) is 11.8 Å². The van der Waals surface area contributed by atoms with E-state index in [9.17, 15) is 13.8 Å². The van der Waals surface area contributed by atoms with Crippen LogP contribution in [0.25, 0.3) is 0 Å². The van der Waals surface area contributed by atoms with E-state index >= 15 is 0 Å². The van der Waals surface area contributed by atoms with Gasteiger partial charge in [0.15, 0.2) is 0 Å². The van der Waals surface area contributed by atoms with Crippen LogP contribution in [0.4, 0.5) is 4.39 Å². The molecule has 0 spiro atoms. The molecule has 1 aliphatic carbocycles. The number of nitrogens with one attached hydrogen (secondary N) is 1. The normalized spacial score (nSPS) is 31.7. The lowest BCUT2D eigenvalue weighted by molar-refractivity contribution is -0.152. The summed E-state index contributed by atoms with van der Waals surface area (Å²) in [5, 5.41) is 2.53. The first kappa shape index (κ1) is 21.2. The van der Waals surface area contributed by atoms with Crippen molar-refractivity contribution in [3.63, 3.8) is 0 Å². The van der Waals surface area contributed by atoms with Crippen LogP contribution in [0.15, 0.2) is 30.3 Å². The molecule has 1 saturated carbocycles. The molecule has 1 N–H and O–H groups in total. The van der Waals surface area contributed by atoms with Gasteiger partial charge < -0.3 is 14.0 Å². The van der Waals surface area contributed by atoms with Crippen LogP contribution in [0.3, 0.4) is 0 Å². The zero-order chi connectivity index (χ0) is 20.6. The van der Waals surface area contributed by atoms with E-state index < -0.39 is 32.2 Å². The number of carbonyl (C=O) groups excluding carboxylic acids is 1. The minimum Gasteiger partial charge on any atom is -0.462 e. The molecule has 0 unspecified atom stereocenters. The largest absolute Gasteiger partial charge is 0.462 e. The maximum Gasteiger partial charge on any atom is 0.459 e.